The van der Waals surface area contributed by atoms with Crippen LogP contribution in [0.5, 0.6) is 0 Å². The first kappa shape index (κ1) is 24.3. The summed E-state index contributed by atoms with van der Waals surface area (Å²) in [7, 11) is 0. The molecule has 0 aromatic carbocycles. The van der Waals surface area contributed by atoms with Crippen LogP contribution in [0.15, 0.2) is 6.20 Å². The minimum absolute atomic E-state index is 0.109. The second kappa shape index (κ2) is 9.41. The molecule has 0 aliphatic heterocycles. The summed E-state index contributed by atoms with van der Waals surface area (Å²) in [5.41, 5.74) is 9.75. The molecule has 1 aromatic rings. The molecule has 4 N–H and O–H groups in total. The second-order valence-corrected chi connectivity index (χ2v) is 12.8. The molecule has 3 aliphatic rings. The molecule has 182 valence electrons. The average Bonchev–Trinajstić information content (AvgIpc) is 3.34. The predicted octanol–water partition coefficient (Wildman–Crippen LogP) is 5.60. The zero-order valence-electron chi connectivity index (χ0n) is 21.4. The van der Waals surface area contributed by atoms with Crippen molar-refractivity contribution in [3.8, 4) is 0 Å². The van der Waals surface area contributed by atoms with Crippen LogP contribution in [-0.2, 0) is 12.8 Å². The maximum absolute atomic E-state index is 10.4. The molecule has 0 spiro atoms. The lowest BCUT2D eigenvalue weighted by Gasteiger charge is -2.57. The van der Waals surface area contributed by atoms with Gasteiger partial charge >= 0.3 is 0 Å². The van der Waals surface area contributed by atoms with Crippen LogP contribution in [0.2, 0.25) is 0 Å². The number of aromatic amines is 1. The van der Waals surface area contributed by atoms with Crippen LogP contribution >= 0.6 is 0 Å². The summed E-state index contributed by atoms with van der Waals surface area (Å²) in [6.07, 6.45) is 13.4. The van der Waals surface area contributed by atoms with Crippen molar-refractivity contribution in [3.05, 3.63) is 17.5 Å². The third kappa shape index (κ3) is 4.08. The number of aromatic nitrogens is 2. The zero-order chi connectivity index (χ0) is 23.1. The van der Waals surface area contributed by atoms with Crippen molar-refractivity contribution < 1.29 is 5.11 Å². The van der Waals surface area contributed by atoms with Gasteiger partial charge in [-0.25, -0.2) is 0 Å². The van der Waals surface area contributed by atoms with Crippen LogP contribution in [0.3, 0.4) is 0 Å². The first-order valence-electron chi connectivity index (χ1n) is 13.6. The van der Waals surface area contributed by atoms with Gasteiger partial charge in [-0.05, 0) is 103 Å². The Morgan fingerprint density at radius 3 is 2.56 bits per heavy atom. The van der Waals surface area contributed by atoms with E-state index in [1.807, 2.05) is 6.20 Å². The van der Waals surface area contributed by atoms with Crippen molar-refractivity contribution in [1.82, 2.24) is 10.2 Å². The van der Waals surface area contributed by atoms with Crippen LogP contribution in [0.4, 0.5) is 0 Å². The van der Waals surface area contributed by atoms with E-state index in [0.717, 1.165) is 43.1 Å². The molecule has 8 atom stereocenters. The Hall–Kier alpha value is -0.870. The highest BCUT2D eigenvalue weighted by Crippen LogP contribution is 2.64. The smallest absolute Gasteiger partial charge is 0.0522 e. The Morgan fingerprint density at radius 2 is 1.88 bits per heavy atom. The first-order chi connectivity index (χ1) is 15.2. The first-order valence-corrected chi connectivity index (χ1v) is 13.6. The van der Waals surface area contributed by atoms with E-state index in [2.05, 4.69) is 44.8 Å². The van der Waals surface area contributed by atoms with Gasteiger partial charge in [0.25, 0.3) is 0 Å². The van der Waals surface area contributed by atoms with Gasteiger partial charge in [0.15, 0.2) is 0 Å². The lowest BCUT2D eigenvalue weighted by molar-refractivity contribution is -0.0760. The van der Waals surface area contributed by atoms with E-state index in [9.17, 15) is 5.11 Å². The number of aliphatic hydroxyl groups is 1. The van der Waals surface area contributed by atoms with E-state index in [-0.39, 0.29) is 12.0 Å². The standard InChI is InChI=1S/C28H49N3O/c1-18(2)7-6-8-19(3)23-9-10-24-22(15-29)25(11-12-27(23,24)4)28(5)14-20-16-30-31-26(20)13-21(28)17-32/h16,18-19,21-25,32H,6-15,17,29H2,1-5H3,(H,30,31)/t19-,21-,22+,23-,24+,25+,27-,28+/m1/s1. The number of aliphatic hydroxyl groups excluding tert-OH is 1. The fourth-order valence-corrected chi connectivity index (χ4v) is 8.87. The lowest BCUT2D eigenvalue weighted by atomic mass is 9.48. The molecule has 4 nitrogen and oxygen atoms in total. The lowest BCUT2D eigenvalue weighted by Crippen LogP contribution is -2.54. The predicted molar refractivity (Wildman–Crippen MR) is 132 cm³/mol. The third-order valence-electron chi connectivity index (χ3n) is 10.7. The van der Waals surface area contributed by atoms with Crippen molar-refractivity contribution in [1.29, 1.82) is 0 Å². The van der Waals surface area contributed by atoms with Crippen LogP contribution < -0.4 is 5.73 Å². The molecule has 0 saturated heterocycles. The Bertz CT molecular complexity index is 760. The van der Waals surface area contributed by atoms with Crippen LogP contribution in [-0.4, -0.2) is 28.5 Å². The Kier molecular flexibility index (Phi) is 7.13. The average molecular weight is 444 g/mol. The quantitative estimate of drug-likeness (QED) is 0.489. The second-order valence-electron chi connectivity index (χ2n) is 12.8. The molecule has 2 fully saturated rings. The van der Waals surface area contributed by atoms with Gasteiger partial charge in [-0.2, -0.15) is 5.10 Å². The minimum atomic E-state index is 0.109. The molecule has 0 unspecified atom stereocenters. The van der Waals surface area contributed by atoms with Crippen LogP contribution in [0, 0.1) is 52.3 Å². The van der Waals surface area contributed by atoms with Gasteiger partial charge in [0.05, 0.1) is 6.20 Å². The van der Waals surface area contributed by atoms with Gasteiger partial charge in [0.1, 0.15) is 0 Å². The summed E-state index contributed by atoms with van der Waals surface area (Å²) in [4.78, 5) is 0. The SMILES string of the molecule is CC(C)CCC[C@@H](C)[C@H]1CC[C@H]2[C@H](CN)[C@@H]([C@@]3(C)Cc4cn[nH]c4C[C@@H]3CO)CC[C@]12C. The number of fused-ring (bicyclic) bond motifs is 2. The van der Waals surface area contributed by atoms with Crippen LogP contribution in [0.1, 0.15) is 90.8 Å². The highest BCUT2D eigenvalue weighted by molar-refractivity contribution is 5.25. The molecule has 4 rings (SSSR count). The molecule has 1 heterocycles. The summed E-state index contributed by atoms with van der Waals surface area (Å²) in [6, 6.07) is 0. The van der Waals surface area contributed by atoms with Crippen molar-refractivity contribution in [2.24, 2.45) is 58.0 Å². The summed E-state index contributed by atoms with van der Waals surface area (Å²) < 4.78 is 0. The Labute approximate surface area is 196 Å². The number of nitrogens with zero attached hydrogens (tertiary/aromatic N) is 1. The number of H-pyrrole nitrogens is 1. The highest BCUT2D eigenvalue weighted by Gasteiger charge is 2.58. The molecule has 4 heteroatoms. The van der Waals surface area contributed by atoms with Gasteiger partial charge < -0.3 is 10.8 Å². The topological polar surface area (TPSA) is 74.9 Å². The van der Waals surface area contributed by atoms with E-state index < -0.39 is 0 Å². The number of nitrogens with two attached hydrogens (primary N) is 1. The van der Waals surface area contributed by atoms with Gasteiger partial charge in [-0.1, -0.05) is 53.9 Å². The number of nitrogens with one attached hydrogen (secondary N) is 1. The number of hydrogen-bond donors (Lipinski definition) is 3. The maximum atomic E-state index is 10.4. The van der Waals surface area contributed by atoms with Crippen molar-refractivity contribution in [3.63, 3.8) is 0 Å². The molecular weight excluding hydrogens is 394 g/mol. The Balaban J connectivity index is 1.53. The molecule has 0 bridgehead atoms. The van der Waals surface area contributed by atoms with Crippen molar-refractivity contribution >= 4 is 0 Å². The number of hydrogen-bond acceptors (Lipinski definition) is 3. The fourth-order valence-electron chi connectivity index (χ4n) is 8.87. The molecule has 1 aromatic heterocycles. The summed E-state index contributed by atoms with van der Waals surface area (Å²) >= 11 is 0. The van der Waals surface area contributed by atoms with E-state index >= 15 is 0 Å². The van der Waals surface area contributed by atoms with Gasteiger partial charge in [0.2, 0.25) is 0 Å². The van der Waals surface area contributed by atoms with Crippen LogP contribution in [0.25, 0.3) is 0 Å². The summed E-state index contributed by atoms with van der Waals surface area (Å²) in [6.45, 7) is 13.4. The zero-order valence-corrected chi connectivity index (χ0v) is 21.4. The molecule has 0 radical (unpaired) electrons. The van der Waals surface area contributed by atoms with Crippen molar-refractivity contribution in [2.45, 2.75) is 92.4 Å². The van der Waals surface area contributed by atoms with E-state index in [1.165, 1.54) is 56.2 Å². The van der Waals surface area contributed by atoms with Gasteiger partial charge in [-0.15, -0.1) is 0 Å². The molecule has 2 saturated carbocycles. The monoisotopic (exact) mass is 443 g/mol. The highest BCUT2D eigenvalue weighted by atomic mass is 16.3. The summed E-state index contributed by atoms with van der Waals surface area (Å²) in [5.74, 6) is 4.70. The molecule has 3 aliphatic carbocycles. The largest absolute Gasteiger partial charge is 0.396 e. The molecule has 32 heavy (non-hydrogen) atoms. The third-order valence-corrected chi connectivity index (χ3v) is 10.7. The van der Waals surface area contributed by atoms with E-state index in [1.54, 1.807) is 0 Å². The number of rotatable bonds is 8. The molecular formula is C28H49N3O. The molecule has 0 amide bonds. The van der Waals surface area contributed by atoms with Crippen molar-refractivity contribution in [2.75, 3.05) is 13.2 Å². The van der Waals surface area contributed by atoms with E-state index in [0.29, 0.717) is 23.2 Å². The van der Waals surface area contributed by atoms with E-state index in [4.69, 9.17) is 5.73 Å². The minimum Gasteiger partial charge on any atom is -0.396 e. The normalized spacial score (nSPS) is 40.3. The summed E-state index contributed by atoms with van der Waals surface area (Å²) in [5, 5.41) is 17.9. The van der Waals surface area contributed by atoms with Gasteiger partial charge in [0, 0.05) is 12.3 Å². The maximum Gasteiger partial charge on any atom is 0.0522 e. The fraction of sp³-hybridized carbons (Fsp3) is 0.893. The van der Waals surface area contributed by atoms with Gasteiger partial charge in [-0.3, -0.25) is 5.10 Å². The Morgan fingerprint density at radius 1 is 1.12 bits per heavy atom.